The van der Waals surface area contributed by atoms with E-state index in [0.29, 0.717) is 0 Å². The number of fused-ring (bicyclic) bond motifs is 7. The van der Waals surface area contributed by atoms with Crippen LogP contribution in [0.25, 0.3) is 141 Å². The second-order valence-electron chi connectivity index (χ2n) is 34.0. The molecule has 0 bridgehead atoms. The predicted octanol–water partition coefficient (Wildman–Crippen LogP) is 27.3. The van der Waals surface area contributed by atoms with E-state index in [-0.39, 0.29) is 13.4 Å². The first kappa shape index (κ1) is 76.6. The Kier molecular flexibility index (Phi) is 19.5. The molecule has 594 valence electrons. The van der Waals surface area contributed by atoms with Gasteiger partial charge in [0.05, 0.1) is 0 Å². The molecule has 126 heavy (non-hydrogen) atoms. The molecule has 0 unspecified atom stereocenters. The summed E-state index contributed by atoms with van der Waals surface area (Å²) in [4.78, 5) is 19.9. The zero-order valence-electron chi connectivity index (χ0n) is 71.2. The van der Waals surface area contributed by atoms with E-state index in [4.69, 9.17) is 15.0 Å². The predicted molar refractivity (Wildman–Crippen MR) is 541 cm³/mol. The molecule has 7 heteroatoms. The highest BCUT2D eigenvalue weighted by Gasteiger charge is 2.31. The number of anilines is 6. The summed E-state index contributed by atoms with van der Waals surface area (Å²) in [7, 11) is 0. The van der Waals surface area contributed by atoms with Crippen molar-refractivity contribution < 1.29 is 0 Å². The first-order valence-corrected chi connectivity index (χ1v) is 43.7. The van der Waals surface area contributed by atoms with Gasteiger partial charge in [-0.3, -0.25) is 14.8 Å². The molecule has 0 fully saturated rings. The van der Waals surface area contributed by atoms with Gasteiger partial charge in [0, 0.05) is 63.6 Å². The monoisotopic (exact) mass is 1610 g/mol. The van der Waals surface area contributed by atoms with Crippen molar-refractivity contribution in [3.05, 3.63) is 452 Å². The maximum Gasteiger partial charge on any atom is 0.265 e. The Morgan fingerprint density at radius 3 is 0.944 bits per heavy atom. The van der Waals surface area contributed by atoms with Crippen LogP contribution < -0.4 is 42.7 Å². The van der Waals surface area contributed by atoms with Gasteiger partial charge in [-0.15, -0.1) is 0 Å². The Hall–Kier alpha value is -15.6. The normalized spacial score (nSPS) is 11.6. The van der Waals surface area contributed by atoms with E-state index < -0.39 is 0 Å². The molecule has 0 saturated carbocycles. The van der Waals surface area contributed by atoms with Gasteiger partial charge in [-0.05, 0) is 251 Å². The molecular formula is C119H87B2N5. The van der Waals surface area contributed by atoms with Crippen molar-refractivity contribution in [3.8, 4) is 44.5 Å². The summed E-state index contributed by atoms with van der Waals surface area (Å²) in [5, 5.41) is 22.7. The molecule has 0 atom stereocenters. The van der Waals surface area contributed by atoms with Gasteiger partial charge in [0.1, 0.15) is 11.6 Å². The van der Waals surface area contributed by atoms with Gasteiger partial charge in [0.2, 0.25) is 6.71 Å². The smallest absolute Gasteiger partial charge is 0.265 e. The molecule has 0 amide bonds. The van der Waals surface area contributed by atoms with E-state index >= 15 is 0 Å². The largest absolute Gasteiger partial charge is 0.295 e. The molecule has 5 nitrogen and oxygen atoms in total. The van der Waals surface area contributed by atoms with Crippen molar-refractivity contribution in [2.75, 3.05) is 9.80 Å². The molecule has 0 aliphatic carbocycles. The van der Waals surface area contributed by atoms with Crippen molar-refractivity contribution in [1.82, 2.24) is 15.0 Å². The average molecular weight is 1610 g/mol. The Balaban J connectivity index is 0.000000151. The highest BCUT2D eigenvalue weighted by molar-refractivity contribution is 6.97. The Bertz CT molecular complexity index is 7830. The van der Waals surface area contributed by atoms with E-state index in [0.717, 1.165) is 56.7 Å². The van der Waals surface area contributed by atoms with Crippen LogP contribution in [0.1, 0.15) is 33.4 Å². The van der Waals surface area contributed by atoms with Crippen LogP contribution in [0.15, 0.2) is 419 Å². The van der Waals surface area contributed by atoms with Gasteiger partial charge in [0.25, 0.3) is 6.71 Å². The molecule has 3 heterocycles. The zero-order valence-corrected chi connectivity index (χ0v) is 71.2. The number of rotatable bonds is 16. The van der Waals surface area contributed by atoms with E-state index in [1.54, 1.807) is 0 Å². The van der Waals surface area contributed by atoms with Crippen molar-refractivity contribution in [2.24, 2.45) is 0 Å². The number of hydrogen-bond acceptors (Lipinski definition) is 5. The standard InChI is InChI=1S/C65H51BN2.C54H36BN3/c1-40-33-42(3)64(43(4)34-40)66(65-44(5)35-41(2)36-45(65)6)51-27-23-47-37-49(22-21-48(47)38-51)54-30-31-59-56-19-13-14-20-57(56)62-55(28-24-46-25-29-58(54)63(59)61(46)62)50-26-32-60(67-39-50)68(52-15-9-7-10-16-52)53-17-11-8-12-18-53;1-5-15-40(16-6-1)55(41-17-7-2-8-18-41)50-33-27-38(35-56-50)44-31-32-49-46-23-13-14-24-47(46)53-45(29-25-37-26-30-48(44)54(49)52(37)53)39-28-34-51(57-36-39)58(42-19-9-3-10-20-42)43-21-11-4-12-22-43/h7-39H,1-6H3;1-36H. The van der Waals surface area contributed by atoms with Gasteiger partial charge in [-0.1, -0.05) is 376 Å². The Labute approximate surface area is 735 Å². The number of para-hydroxylation sites is 4. The van der Waals surface area contributed by atoms with Crippen molar-refractivity contribution in [2.45, 2.75) is 41.5 Å². The highest BCUT2D eigenvalue weighted by Crippen LogP contribution is 2.50. The molecule has 23 aromatic rings. The quantitative estimate of drug-likeness (QED) is 0.0548. The third-order valence-electron chi connectivity index (χ3n) is 26.2. The molecule has 0 saturated heterocycles. The van der Waals surface area contributed by atoms with E-state index in [9.17, 15) is 0 Å². The van der Waals surface area contributed by atoms with Crippen LogP contribution in [0.4, 0.5) is 34.4 Å². The Morgan fingerprint density at radius 2 is 0.532 bits per heavy atom. The van der Waals surface area contributed by atoms with Crippen LogP contribution in [0, 0.1) is 41.5 Å². The SMILES string of the molecule is Cc1cc(C)c(B(c2ccc3cc(-c4ccc5c6ccccc6c6c(-c7ccc(N(c8ccccc8)c8ccccc8)nc7)ccc7ccc4c5c76)ccc3c2)c2c(C)cc(C)cc2C)c(C)c1.c1ccc(B(c2ccccc2)c2ccc(-c3ccc4c5ccccc5c5c(-c6ccc(N(c7ccccc7)c7ccccc7)nc6)ccc6ccc3c4c65)cn2)cc1. The van der Waals surface area contributed by atoms with Crippen molar-refractivity contribution >= 4 is 178 Å². The zero-order chi connectivity index (χ0) is 84.6. The van der Waals surface area contributed by atoms with E-state index in [1.165, 1.54) is 185 Å². The molecule has 20 aromatic carbocycles. The second-order valence-corrected chi connectivity index (χ2v) is 34.0. The van der Waals surface area contributed by atoms with Gasteiger partial charge < -0.3 is 0 Å². The fourth-order valence-corrected chi connectivity index (χ4v) is 20.8. The topological polar surface area (TPSA) is 45.2 Å². The summed E-state index contributed by atoms with van der Waals surface area (Å²) in [6, 6.07) is 146. The third-order valence-corrected chi connectivity index (χ3v) is 26.2. The first-order valence-electron chi connectivity index (χ1n) is 43.7. The highest BCUT2D eigenvalue weighted by atomic mass is 15.2. The maximum atomic E-state index is 5.17. The molecule has 0 radical (unpaired) electrons. The van der Waals surface area contributed by atoms with E-state index in [2.05, 4.69) is 452 Å². The lowest BCUT2D eigenvalue weighted by atomic mass is 9.34. The minimum Gasteiger partial charge on any atom is -0.295 e. The minimum atomic E-state index is 0.0471. The molecule has 0 N–H and O–H groups in total. The number of pyridine rings is 3. The van der Waals surface area contributed by atoms with Crippen molar-refractivity contribution in [3.63, 3.8) is 0 Å². The summed E-state index contributed by atoms with van der Waals surface area (Å²) in [5.41, 5.74) is 29.2. The fraction of sp³-hybridized carbons (Fsp3) is 0.0504. The summed E-state index contributed by atoms with van der Waals surface area (Å²) in [6.07, 6.45) is 6.15. The van der Waals surface area contributed by atoms with Crippen LogP contribution in [-0.2, 0) is 0 Å². The molecule has 0 aliphatic rings. The van der Waals surface area contributed by atoms with Crippen LogP contribution >= 0.6 is 0 Å². The lowest BCUT2D eigenvalue weighted by molar-refractivity contribution is 1.18. The molecule has 0 spiro atoms. The molecule has 0 aliphatic heterocycles. The average Bonchev–Trinajstić information content (AvgIpc) is 0.707. The van der Waals surface area contributed by atoms with Gasteiger partial charge in [-0.25, -0.2) is 9.97 Å². The fourth-order valence-electron chi connectivity index (χ4n) is 20.8. The maximum absolute atomic E-state index is 5.17. The number of benzene rings is 20. The summed E-state index contributed by atoms with van der Waals surface area (Å²) < 4.78 is 0. The van der Waals surface area contributed by atoms with Gasteiger partial charge >= 0.3 is 0 Å². The molecular weight excluding hydrogens is 1520 g/mol. The summed E-state index contributed by atoms with van der Waals surface area (Å²) >= 11 is 0. The lowest BCUT2D eigenvalue weighted by Gasteiger charge is -2.25. The summed E-state index contributed by atoms with van der Waals surface area (Å²) in [6.45, 7) is 13.7. The summed E-state index contributed by atoms with van der Waals surface area (Å²) in [5.74, 6) is 1.74. The number of aryl methyl sites for hydroxylation is 6. The van der Waals surface area contributed by atoms with Crippen LogP contribution in [0.5, 0.6) is 0 Å². The van der Waals surface area contributed by atoms with Crippen LogP contribution in [-0.4, -0.2) is 28.4 Å². The molecule has 23 rings (SSSR count). The van der Waals surface area contributed by atoms with Crippen LogP contribution in [0.2, 0.25) is 0 Å². The van der Waals surface area contributed by atoms with Crippen LogP contribution in [0.3, 0.4) is 0 Å². The number of aromatic nitrogens is 3. The number of hydrogen-bond donors (Lipinski definition) is 0. The Morgan fingerprint density at radius 1 is 0.206 bits per heavy atom. The second kappa shape index (κ2) is 32.0. The molecule has 3 aromatic heterocycles. The number of nitrogens with zero attached hydrogens (tertiary/aromatic N) is 5. The van der Waals surface area contributed by atoms with Crippen molar-refractivity contribution in [1.29, 1.82) is 0 Å². The third kappa shape index (κ3) is 13.5. The first-order chi connectivity index (χ1) is 62.0. The van der Waals surface area contributed by atoms with E-state index in [1.807, 2.05) is 18.3 Å². The lowest BCUT2D eigenvalue weighted by Crippen LogP contribution is -2.55. The minimum absolute atomic E-state index is 0.0471. The van der Waals surface area contributed by atoms with Gasteiger partial charge in [-0.2, -0.15) is 0 Å². The van der Waals surface area contributed by atoms with Gasteiger partial charge in [0.15, 0.2) is 0 Å².